The van der Waals surface area contributed by atoms with Crippen LogP contribution in [0.25, 0.3) is 0 Å². The largest absolute Gasteiger partial charge is 0.354 e. The van der Waals surface area contributed by atoms with Gasteiger partial charge in [-0.1, -0.05) is 17.7 Å². The lowest BCUT2D eigenvalue weighted by atomic mass is 10.1. The fraction of sp³-hybridized carbons (Fsp3) is 0.391. The molecule has 0 bridgehead atoms. The minimum absolute atomic E-state index is 0.104. The molecule has 0 unspecified atom stereocenters. The third kappa shape index (κ3) is 6.00. The minimum Gasteiger partial charge on any atom is -0.354 e. The Kier molecular flexibility index (Phi) is 7.41. The maximum atomic E-state index is 13.1. The van der Waals surface area contributed by atoms with Gasteiger partial charge in [0.25, 0.3) is 0 Å². The molecule has 0 saturated carbocycles. The molecule has 3 heterocycles. The van der Waals surface area contributed by atoms with Gasteiger partial charge in [-0.05, 0) is 36.4 Å². The van der Waals surface area contributed by atoms with Crippen LogP contribution in [0, 0.1) is 0 Å². The molecule has 2 aliphatic heterocycles. The van der Waals surface area contributed by atoms with Gasteiger partial charge in [0.15, 0.2) is 0 Å². The molecule has 3 amide bonds. The van der Waals surface area contributed by atoms with Gasteiger partial charge < -0.3 is 20.4 Å². The second-order valence-corrected chi connectivity index (χ2v) is 8.54. The standard InChI is InChI=1S/C23H27ClN6O3/c24-17-4-6-18(7-5-17)27-21(31)15-19-23(33)26-9-10-30(19)22(32)16-28-11-13-29(14-12-28)20-3-1-2-8-25-20/h1-8,19H,9-16H2,(H,26,33)(H,27,31)/t19-/m1/s1. The van der Waals surface area contributed by atoms with Crippen molar-refractivity contribution in [1.82, 2.24) is 20.1 Å². The number of nitrogens with zero attached hydrogens (tertiary/aromatic N) is 4. The van der Waals surface area contributed by atoms with Crippen molar-refractivity contribution in [3.05, 3.63) is 53.7 Å². The van der Waals surface area contributed by atoms with Crippen LogP contribution in [0.5, 0.6) is 0 Å². The summed E-state index contributed by atoms with van der Waals surface area (Å²) in [6, 6.07) is 11.7. The molecule has 9 nitrogen and oxygen atoms in total. The number of aromatic nitrogens is 1. The molecule has 10 heteroatoms. The predicted octanol–water partition coefficient (Wildman–Crippen LogP) is 1.21. The smallest absolute Gasteiger partial charge is 0.243 e. The quantitative estimate of drug-likeness (QED) is 0.658. The summed E-state index contributed by atoms with van der Waals surface area (Å²) >= 11 is 5.88. The Hall–Kier alpha value is -3.17. The number of nitrogens with one attached hydrogen (secondary N) is 2. The zero-order chi connectivity index (χ0) is 23.2. The molecule has 2 aromatic rings. The number of benzene rings is 1. The van der Waals surface area contributed by atoms with Crippen LogP contribution in [0.2, 0.25) is 5.02 Å². The zero-order valence-electron chi connectivity index (χ0n) is 18.2. The first-order valence-corrected chi connectivity index (χ1v) is 11.4. The van der Waals surface area contributed by atoms with Crippen LogP contribution in [0.15, 0.2) is 48.7 Å². The van der Waals surface area contributed by atoms with Crippen LogP contribution in [0.3, 0.4) is 0 Å². The van der Waals surface area contributed by atoms with Gasteiger partial charge >= 0.3 is 0 Å². The van der Waals surface area contributed by atoms with Gasteiger partial charge in [0.05, 0.1) is 13.0 Å². The molecule has 1 aromatic carbocycles. The lowest BCUT2D eigenvalue weighted by molar-refractivity contribution is -0.145. The van der Waals surface area contributed by atoms with Gasteiger partial charge in [0, 0.05) is 56.2 Å². The highest BCUT2D eigenvalue weighted by Gasteiger charge is 2.35. The monoisotopic (exact) mass is 470 g/mol. The third-order valence-electron chi connectivity index (χ3n) is 5.86. The molecule has 4 rings (SSSR count). The van der Waals surface area contributed by atoms with Crippen molar-refractivity contribution in [3.63, 3.8) is 0 Å². The van der Waals surface area contributed by atoms with E-state index >= 15 is 0 Å². The molecule has 0 spiro atoms. The molecule has 0 aliphatic carbocycles. The van der Waals surface area contributed by atoms with E-state index in [0.717, 1.165) is 32.0 Å². The van der Waals surface area contributed by atoms with Gasteiger partial charge in [0.2, 0.25) is 17.7 Å². The predicted molar refractivity (Wildman–Crippen MR) is 126 cm³/mol. The van der Waals surface area contributed by atoms with E-state index in [9.17, 15) is 14.4 Å². The number of piperazine rings is 2. The number of amides is 3. The molecule has 174 valence electrons. The SMILES string of the molecule is O=C(C[C@@H]1C(=O)NCCN1C(=O)CN1CCN(c2ccccn2)CC1)Nc1ccc(Cl)cc1. The van der Waals surface area contributed by atoms with Gasteiger partial charge in [0.1, 0.15) is 11.9 Å². The third-order valence-corrected chi connectivity index (χ3v) is 6.11. The normalized spacial score (nSPS) is 19.2. The van der Waals surface area contributed by atoms with Crippen LogP contribution in [-0.4, -0.2) is 84.4 Å². The average Bonchev–Trinajstić information content (AvgIpc) is 2.83. The molecular formula is C23H27ClN6O3. The van der Waals surface area contributed by atoms with E-state index in [0.29, 0.717) is 23.8 Å². The summed E-state index contributed by atoms with van der Waals surface area (Å²) in [6.45, 7) is 3.99. The molecule has 33 heavy (non-hydrogen) atoms. The number of hydrogen-bond acceptors (Lipinski definition) is 6. The average molecular weight is 471 g/mol. The van der Waals surface area contributed by atoms with E-state index in [1.807, 2.05) is 18.2 Å². The highest BCUT2D eigenvalue weighted by atomic mass is 35.5. The molecular weight excluding hydrogens is 444 g/mol. The van der Waals surface area contributed by atoms with E-state index in [4.69, 9.17) is 11.6 Å². The van der Waals surface area contributed by atoms with E-state index in [1.165, 1.54) is 4.90 Å². The Morgan fingerprint density at radius 1 is 1.06 bits per heavy atom. The first kappa shape index (κ1) is 23.0. The van der Waals surface area contributed by atoms with Gasteiger partial charge in [-0.25, -0.2) is 4.98 Å². The highest BCUT2D eigenvalue weighted by Crippen LogP contribution is 2.17. The van der Waals surface area contributed by atoms with Gasteiger partial charge in [-0.15, -0.1) is 0 Å². The number of rotatable bonds is 6. The molecule has 2 saturated heterocycles. The molecule has 0 radical (unpaired) electrons. The van der Waals surface area contributed by atoms with Crippen molar-refractivity contribution in [2.45, 2.75) is 12.5 Å². The van der Waals surface area contributed by atoms with Gasteiger partial charge in [-0.2, -0.15) is 0 Å². The van der Waals surface area contributed by atoms with Crippen LogP contribution >= 0.6 is 11.6 Å². The molecule has 2 N–H and O–H groups in total. The fourth-order valence-electron chi connectivity index (χ4n) is 4.09. The first-order valence-electron chi connectivity index (χ1n) is 11.0. The number of carbonyl (C=O) groups is 3. The maximum absolute atomic E-state index is 13.1. The zero-order valence-corrected chi connectivity index (χ0v) is 19.0. The Morgan fingerprint density at radius 2 is 1.82 bits per heavy atom. The van der Waals surface area contributed by atoms with E-state index < -0.39 is 6.04 Å². The molecule has 1 aromatic heterocycles. The molecule has 2 aliphatic rings. The van der Waals surface area contributed by atoms with Crippen LogP contribution in [0.4, 0.5) is 11.5 Å². The second-order valence-electron chi connectivity index (χ2n) is 8.10. The summed E-state index contributed by atoms with van der Waals surface area (Å²) < 4.78 is 0. The minimum atomic E-state index is -0.826. The summed E-state index contributed by atoms with van der Waals surface area (Å²) in [5, 5.41) is 6.09. The molecule has 2 fully saturated rings. The van der Waals surface area contributed by atoms with Gasteiger partial charge in [-0.3, -0.25) is 19.3 Å². The van der Waals surface area contributed by atoms with Crippen molar-refractivity contribution in [2.24, 2.45) is 0 Å². The lowest BCUT2D eigenvalue weighted by Crippen LogP contribution is -2.60. The van der Waals surface area contributed by atoms with Crippen LogP contribution in [0.1, 0.15) is 6.42 Å². The Balaban J connectivity index is 1.32. The number of anilines is 2. The fourth-order valence-corrected chi connectivity index (χ4v) is 4.22. The van der Waals surface area contributed by atoms with Crippen molar-refractivity contribution in [3.8, 4) is 0 Å². The Morgan fingerprint density at radius 3 is 2.52 bits per heavy atom. The second kappa shape index (κ2) is 10.6. The highest BCUT2D eigenvalue weighted by molar-refractivity contribution is 6.30. The number of pyridine rings is 1. The van der Waals surface area contributed by atoms with Crippen molar-refractivity contribution >= 4 is 40.8 Å². The van der Waals surface area contributed by atoms with E-state index in [2.05, 4.69) is 25.4 Å². The van der Waals surface area contributed by atoms with Crippen molar-refractivity contribution in [1.29, 1.82) is 0 Å². The molecule has 1 atom stereocenters. The van der Waals surface area contributed by atoms with Crippen LogP contribution < -0.4 is 15.5 Å². The number of carbonyl (C=O) groups excluding carboxylic acids is 3. The van der Waals surface area contributed by atoms with Crippen molar-refractivity contribution in [2.75, 3.05) is 56.0 Å². The van der Waals surface area contributed by atoms with Crippen LogP contribution in [-0.2, 0) is 14.4 Å². The topological polar surface area (TPSA) is 97.9 Å². The Labute approximate surface area is 197 Å². The summed E-state index contributed by atoms with van der Waals surface area (Å²) in [5.41, 5.74) is 0.587. The Bertz CT molecular complexity index is 979. The number of halogens is 1. The number of hydrogen-bond donors (Lipinski definition) is 2. The maximum Gasteiger partial charge on any atom is 0.243 e. The lowest BCUT2D eigenvalue weighted by Gasteiger charge is -2.38. The summed E-state index contributed by atoms with van der Waals surface area (Å²) in [5.74, 6) is 0.158. The summed E-state index contributed by atoms with van der Waals surface area (Å²) in [6.07, 6.45) is 1.67. The van der Waals surface area contributed by atoms with E-state index in [-0.39, 0.29) is 30.7 Å². The van der Waals surface area contributed by atoms with Crippen molar-refractivity contribution < 1.29 is 14.4 Å². The first-order chi connectivity index (χ1) is 16.0. The van der Waals surface area contributed by atoms with E-state index in [1.54, 1.807) is 30.5 Å². The summed E-state index contributed by atoms with van der Waals surface area (Å²) in [4.78, 5) is 48.3. The summed E-state index contributed by atoms with van der Waals surface area (Å²) in [7, 11) is 0.